The minimum absolute atomic E-state index is 0.0497. The van der Waals surface area contributed by atoms with Crippen LogP contribution in [-0.2, 0) is 16.1 Å². The number of hydrogen-bond acceptors (Lipinski definition) is 5. The van der Waals surface area contributed by atoms with Gasteiger partial charge < -0.3 is 15.1 Å². The van der Waals surface area contributed by atoms with Crippen LogP contribution >= 0.6 is 0 Å². The van der Waals surface area contributed by atoms with Crippen LogP contribution in [0.2, 0.25) is 0 Å². The molecule has 1 aromatic carbocycles. The molecule has 7 nitrogen and oxygen atoms in total. The molecule has 2 heterocycles. The predicted molar refractivity (Wildman–Crippen MR) is 106 cm³/mol. The number of imide groups is 1. The molecule has 1 saturated heterocycles. The van der Waals surface area contributed by atoms with Gasteiger partial charge >= 0.3 is 0 Å². The first-order valence-corrected chi connectivity index (χ1v) is 10.3. The van der Waals surface area contributed by atoms with Gasteiger partial charge in [-0.3, -0.25) is 19.7 Å². The van der Waals surface area contributed by atoms with Gasteiger partial charge in [0.25, 0.3) is 5.91 Å². The Balaban J connectivity index is 1.60. The highest BCUT2D eigenvalue weighted by Gasteiger charge is 2.41. The van der Waals surface area contributed by atoms with Crippen molar-refractivity contribution >= 4 is 23.4 Å². The average molecular weight is 402 g/mol. The Labute approximate surface area is 169 Å². The van der Waals surface area contributed by atoms with Crippen molar-refractivity contribution < 1.29 is 18.8 Å². The summed E-state index contributed by atoms with van der Waals surface area (Å²) in [6, 6.07) is 3.07. The molecule has 0 bridgehead atoms. The molecule has 3 amide bonds. The summed E-state index contributed by atoms with van der Waals surface area (Å²) in [7, 11) is 3.84. The molecule has 0 aromatic heterocycles. The van der Waals surface area contributed by atoms with Crippen LogP contribution in [0.25, 0.3) is 0 Å². The number of nitrogens with one attached hydrogen (secondary N) is 2. The highest BCUT2D eigenvalue weighted by molar-refractivity contribution is 6.05. The van der Waals surface area contributed by atoms with Gasteiger partial charge in [0.05, 0.1) is 12.2 Å². The monoisotopic (exact) mass is 402 g/mol. The molecule has 2 N–H and O–H groups in total. The number of fused-ring (bicyclic) bond motifs is 1. The SMILES string of the molecule is CN[C@H]1CCCC[C@H]1N(C)c1ccc2c(c1F)CN(C1CCC(=O)NC1=O)C2=O. The van der Waals surface area contributed by atoms with E-state index in [4.69, 9.17) is 0 Å². The maximum atomic E-state index is 15.5. The van der Waals surface area contributed by atoms with Gasteiger partial charge in [-0.1, -0.05) is 12.8 Å². The minimum atomic E-state index is -0.736. The van der Waals surface area contributed by atoms with E-state index in [1.165, 1.54) is 4.90 Å². The summed E-state index contributed by atoms with van der Waals surface area (Å²) in [6.07, 6.45) is 4.77. The fourth-order valence-corrected chi connectivity index (χ4v) is 4.95. The first-order chi connectivity index (χ1) is 13.9. The van der Waals surface area contributed by atoms with Crippen molar-refractivity contribution in [2.24, 2.45) is 0 Å². The number of anilines is 1. The number of likely N-dealkylation sites (N-methyl/N-ethyl adjacent to an activating group) is 2. The maximum Gasteiger partial charge on any atom is 0.255 e. The standard InChI is InChI=1S/C21H27FN4O3/c1-23-14-5-3-4-6-15(14)25(2)16-8-7-12-13(19(16)22)11-26(21(12)29)17-9-10-18(27)24-20(17)28/h7-8,14-15,17,23H,3-6,9-11H2,1-2H3,(H,24,27,28)/t14-,15+,17?/m0/s1. The molecule has 0 radical (unpaired) electrons. The lowest BCUT2D eigenvalue weighted by atomic mass is 9.89. The zero-order valence-electron chi connectivity index (χ0n) is 16.8. The van der Waals surface area contributed by atoms with E-state index in [0.717, 1.165) is 25.7 Å². The van der Waals surface area contributed by atoms with Crippen molar-refractivity contribution in [1.29, 1.82) is 0 Å². The number of piperidine rings is 1. The third-order valence-corrected chi connectivity index (χ3v) is 6.61. The second-order valence-corrected chi connectivity index (χ2v) is 8.18. The molecule has 0 spiro atoms. The number of hydrogen-bond donors (Lipinski definition) is 2. The van der Waals surface area contributed by atoms with Crippen LogP contribution in [0.1, 0.15) is 54.4 Å². The van der Waals surface area contributed by atoms with Crippen molar-refractivity contribution in [3.63, 3.8) is 0 Å². The van der Waals surface area contributed by atoms with E-state index in [1.807, 2.05) is 19.0 Å². The fraction of sp³-hybridized carbons (Fsp3) is 0.571. The van der Waals surface area contributed by atoms with Crippen LogP contribution in [-0.4, -0.2) is 54.8 Å². The summed E-state index contributed by atoms with van der Waals surface area (Å²) in [4.78, 5) is 39.8. The second kappa shape index (κ2) is 7.74. The highest BCUT2D eigenvalue weighted by atomic mass is 19.1. The zero-order chi connectivity index (χ0) is 20.7. The summed E-state index contributed by atoms with van der Waals surface area (Å²) in [5.41, 5.74) is 1.12. The molecule has 1 aromatic rings. The molecule has 4 rings (SSSR count). The maximum absolute atomic E-state index is 15.5. The number of nitrogens with zero attached hydrogens (tertiary/aromatic N) is 2. The number of carbonyl (C=O) groups excluding carboxylic acids is 3. The van der Waals surface area contributed by atoms with Gasteiger partial charge in [-0.2, -0.15) is 0 Å². The molecule has 156 valence electrons. The van der Waals surface area contributed by atoms with Crippen molar-refractivity contribution in [2.45, 2.75) is 63.2 Å². The molecular formula is C21H27FN4O3. The molecule has 8 heteroatoms. The molecule has 1 aliphatic carbocycles. The molecule has 29 heavy (non-hydrogen) atoms. The van der Waals surface area contributed by atoms with Gasteiger partial charge in [0.1, 0.15) is 6.04 Å². The molecule has 1 saturated carbocycles. The van der Waals surface area contributed by atoms with Crippen LogP contribution in [0, 0.1) is 5.82 Å². The van der Waals surface area contributed by atoms with E-state index in [9.17, 15) is 14.4 Å². The Kier molecular flexibility index (Phi) is 5.29. The summed E-state index contributed by atoms with van der Waals surface area (Å²) < 4.78 is 15.5. The molecule has 2 aliphatic heterocycles. The molecule has 3 atom stereocenters. The van der Waals surface area contributed by atoms with Crippen LogP contribution in [0.3, 0.4) is 0 Å². The van der Waals surface area contributed by atoms with Gasteiger partial charge in [-0.15, -0.1) is 0 Å². The smallest absolute Gasteiger partial charge is 0.255 e. The zero-order valence-corrected chi connectivity index (χ0v) is 16.8. The van der Waals surface area contributed by atoms with Gasteiger partial charge in [0.2, 0.25) is 11.8 Å². The lowest BCUT2D eigenvalue weighted by Crippen LogP contribution is -2.52. The highest BCUT2D eigenvalue weighted by Crippen LogP contribution is 2.35. The van der Waals surface area contributed by atoms with E-state index in [1.54, 1.807) is 12.1 Å². The molecular weight excluding hydrogens is 375 g/mol. The second-order valence-electron chi connectivity index (χ2n) is 8.18. The summed E-state index contributed by atoms with van der Waals surface area (Å²) in [5.74, 6) is -1.57. The lowest BCUT2D eigenvalue weighted by Gasteiger charge is -2.39. The van der Waals surface area contributed by atoms with Crippen molar-refractivity contribution in [3.8, 4) is 0 Å². The number of amides is 3. The van der Waals surface area contributed by atoms with Crippen LogP contribution < -0.4 is 15.5 Å². The molecule has 3 aliphatic rings. The van der Waals surface area contributed by atoms with Gasteiger partial charge in [-0.25, -0.2) is 4.39 Å². The van der Waals surface area contributed by atoms with E-state index in [2.05, 4.69) is 10.6 Å². The Morgan fingerprint density at radius 2 is 1.93 bits per heavy atom. The third kappa shape index (κ3) is 3.39. The van der Waals surface area contributed by atoms with Gasteiger partial charge in [0.15, 0.2) is 5.82 Å². The van der Waals surface area contributed by atoms with Crippen molar-refractivity contribution in [1.82, 2.24) is 15.5 Å². The Hall–Kier alpha value is -2.48. The van der Waals surface area contributed by atoms with E-state index >= 15 is 4.39 Å². The van der Waals surface area contributed by atoms with Gasteiger partial charge in [0, 0.05) is 36.7 Å². The number of rotatable bonds is 4. The van der Waals surface area contributed by atoms with E-state index < -0.39 is 17.8 Å². The number of carbonyl (C=O) groups is 3. The van der Waals surface area contributed by atoms with Gasteiger partial charge in [-0.05, 0) is 38.4 Å². The first-order valence-electron chi connectivity index (χ1n) is 10.3. The van der Waals surface area contributed by atoms with Crippen molar-refractivity contribution in [3.05, 3.63) is 29.1 Å². The van der Waals surface area contributed by atoms with Crippen LogP contribution in [0.4, 0.5) is 10.1 Å². The lowest BCUT2D eigenvalue weighted by molar-refractivity contribution is -0.136. The number of benzene rings is 1. The largest absolute Gasteiger partial charge is 0.368 e. The van der Waals surface area contributed by atoms with E-state index in [-0.39, 0.29) is 37.2 Å². The molecule has 2 fully saturated rings. The minimum Gasteiger partial charge on any atom is -0.368 e. The van der Waals surface area contributed by atoms with Crippen molar-refractivity contribution in [2.75, 3.05) is 19.0 Å². The normalized spacial score (nSPS) is 27.1. The average Bonchev–Trinajstić information content (AvgIpc) is 3.05. The first kappa shape index (κ1) is 19.8. The quantitative estimate of drug-likeness (QED) is 0.747. The molecule has 1 unspecified atom stereocenters. The van der Waals surface area contributed by atoms with Crippen LogP contribution in [0.15, 0.2) is 12.1 Å². The van der Waals surface area contributed by atoms with Crippen LogP contribution in [0.5, 0.6) is 0 Å². The Morgan fingerprint density at radius 1 is 1.17 bits per heavy atom. The van der Waals surface area contributed by atoms with E-state index in [0.29, 0.717) is 22.9 Å². The Morgan fingerprint density at radius 3 is 2.66 bits per heavy atom. The predicted octanol–water partition coefficient (Wildman–Crippen LogP) is 1.55. The fourth-order valence-electron chi connectivity index (χ4n) is 4.95. The topological polar surface area (TPSA) is 81.8 Å². The third-order valence-electron chi connectivity index (χ3n) is 6.61. The summed E-state index contributed by atoms with van der Waals surface area (Å²) in [6.45, 7) is 0.0497. The Bertz CT molecular complexity index is 859. The number of halogens is 1. The summed E-state index contributed by atoms with van der Waals surface area (Å²) in [5, 5.41) is 5.61. The summed E-state index contributed by atoms with van der Waals surface area (Å²) >= 11 is 0.